The summed E-state index contributed by atoms with van der Waals surface area (Å²) in [6, 6.07) is 15.5. The number of hydrogen-bond acceptors (Lipinski definition) is 7. The van der Waals surface area contributed by atoms with Crippen LogP contribution in [0.4, 0.5) is 10.3 Å². The van der Waals surface area contributed by atoms with Crippen LogP contribution < -0.4 is 11.0 Å². The Labute approximate surface area is 189 Å². The Morgan fingerprint density at radius 3 is 2.91 bits per heavy atom. The van der Waals surface area contributed by atoms with Crippen LogP contribution in [0.25, 0.3) is 11.3 Å². The molecule has 9 heteroatoms. The second-order valence-electron chi connectivity index (χ2n) is 7.49. The number of ether oxygens (including phenoxy) is 2. The normalized spacial score (nSPS) is 15.6. The van der Waals surface area contributed by atoms with E-state index in [1.54, 1.807) is 36.4 Å². The Hall–Kier alpha value is -3.87. The molecular formula is C24H22FN5O3. The maximum absolute atomic E-state index is 14.4. The summed E-state index contributed by atoms with van der Waals surface area (Å²) in [5.41, 5.74) is 3.80. The van der Waals surface area contributed by atoms with Crippen LogP contribution in [0, 0.1) is 17.1 Å². The summed E-state index contributed by atoms with van der Waals surface area (Å²) in [5, 5.41) is 13.3. The number of rotatable bonds is 8. The van der Waals surface area contributed by atoms with Crippen LogP contribution in [0.5, 0.6) is 0 Å². The second-order valence-corrected chi connectivity index (χ2v) is 7.49. The smallest absolute Gasteiger partial charge is 0.270 e. The zero-order valence-electron chi connectivity index (χ0n) is 17.8. The van der Waals surface area contributed by atoms with Crippen molar-refractivity contribution in [1.29, 1.82) is 5.26 Å². The predicted molar refractivity (Wildman–Crippen MR) is 121 cm³/mol. The van der Waals surface area contributed by atoms with E-state index < -0.39 is 11.4 Å². The number of hydrogen-bond donors (Lipinski definition) is 2. The topological polar surface area (TPSA) is 112 Å². The van der Waals surface area contributed by atoms with E-state index in [1.807, 2.05) is 12.1 Å². The highest BCUT2D eigenvalue weighted by Crippen LogP contribution is 2.19. The summed E-state index contributed by atoms with van der Waals surface area (Å²) in [7, 11) is 0. The van der Waals surface area contributed by atoms with E-state index in [1.165, 1.54) is 12.3 Å². The molecule has 1 aromatic heterocycles. The van der Waals surface area contributed by atoms with Gasteiger partial charge in [0.05, 0.1) is 31.2 Å². The first-order valence-corrected chi connectivity index (χ1v) is 10.5. The molecule has 168 valence electrons. The zero-order valence-corrected chi connectivity index (χ0v) is 17.8. The lowest BCUT2D eigenvalue weighted by Gasteiger charge is -2.10. The van der Waals surface area contributed by atoms with Crippen molar-refractivity contribution in [2.24, 2.45) is 5.10 Å². The van der Waals surface area contributed by atoms with Crippen LogP contribution >= 0.6 is 0 Å². The maximum Gasteiger partial charge on any atom is 0.270 e. The molecule has 0 spiro atoms. The minimum atomic E-state index is -0.581. The van der Waals surface area contributed by atoms with Crippen LogP contribution in [0.2, 0.25) is 0 Å². The average molecular weight is 447 g/mol. The molecule has 1 fully saturated rings. The third kappa shape index (κ3) is 5.68. The van der Waals surface area contributed by atoms with Crippen molar-refractivity contribution in [3.05, 3.63) is 81.4 Å². The summed E-state index contributed by atoms with van der Waals surface area (Å²) >= 11 is 0. The van der Waals surface area contributed by atoms with Gasteiger partial charge >= 0.3 is 0 Å². The summed E-state index contributed by atoms with van der Waals surface area (Å²) < 4.78 is 25.4. The summed E-state index contributed by atoms with van der Waals surface area (Å²) in [6.07, 6.45) is 3.50. The van der Waals surface area contributed by atoms with Crippen molar-refractivity contribution < 1.29 is 13.9 Å². The fourth-order valence-corrected chi connectivity index (χ4v) is 3.44. The summed E-state index contributed by atoms with van der Waals surface area (Å²) in [5.74, 6) is -0.337. The van der Waals surface area contributed by atoms with E-state index in [2.05, 4.69) is 20.5 Å². The van der Waals surface area contributed by atoms with Gasteiger partial charge in [0.15, 0.2) is 0 Å². The molecule has 0 amide bonds. The average Bonchev–Trinajstić information content (AvgIpc) is 3.34. The van der Waals surface area contributed by atoms with Gasteiger partial charge < -0.3 is 9.47 Å². The number of H-pyrrole nitrogens is 1. The number of nitriles is 1. The van der Waals surface area contributed by atoms with Gasteiger partial charge in [-0.15, -0.1) is 0 Å². The fourth-order valence-electron chi connectivity index (χ4n) is 3.44. The highest BCUT2D eigenvalue weighted by molar-refractivity contribution is 5.80. The SMILES string of the molecule is N#Cc1c(-c2ccccc2)nc(NN=Cc2ccc(COCC3CCCO3)c(F)c2)[nH]c1=O. The molecule has 0 saturated carbocycles. The van der Waals surface area contributed by atoms with Gasteiger partial charge in [0, 0.05) is 17.7 Å². The van der Waals surface area contributed by atoms with E-state index in [4.69, 9.17) is 9.47 Å². The highest BCUT2D eigenvalue weighted by Gasteiger charge is 2.16. The third-order valence-electron chi connectivity index (χ3n) is 5.12. The van der Waals surface area contributed by atoms with Gasteiger partial charge in [-0.3, -0.25) is 9.78 Å². The molecule has 2 N–H and O–H groups in total. The molecule has 1 saturated heterocycles. The molecule has 2 heterocycles. The molecule has 0 bridgehead atoms. The maximum atomic E-state index is 14.4. The minimum Gasteiger partial charge on any atom is -0.376 e. The number of aromatic nitrogens is 2. The van der Waals surface area contributed by atoms with E-state index >= 15 is 0 Å². The molecule has 8 nitrogen and oxygen atoms in total. The molecule has 4 rings (SSSR count). The van der Waals surface area contributed by atoms with Gasteiger partial charge in [-0.1, -0.05) is 42.5 Å². The standard InChI is InChI=1S/C24H22FN5O3/c25-21-11-16(8-9-18(21)14-32-15-19-7-4-10-33-19)13-27-30-24-28-22(17-5-2-1-3-6-17)20(12-26)23(31)29-24/h1-3,5-6,8-9,11,13,19H,4,7,10,14-15H2,(H2,28,29,30,31). The molecule has 0 aliphatic carbocycles. The molecule has 2 aromatic carbocycles. The van der Waals surface area contributed by atoms with Crippen LogP contribution in [-0.4, -0.2) is 35.5 Å². The van der Waals surface area contributed by atoms with E-state index in [9.17, 15) is 14.4 Å². The minimum absolute atomic E-state index is 0.0636. The first kappa shape index (κ1) is 22.3. The Morgan fingerprint density at radius 1 is 1.33 bits per heavy atom. The summed E-state index contributed by atoms with van der Waals surface area (Å²) in [4.78, 5) is 19.0. The summed E-state index contributed by atoms with van der Waals surface area (Å²) in [6.45, 7) is 1.37. The Morgan fingerprint density at radius 2 is 2.18 bits per heavy atom. The quantitative estimate of drug-likeness (QED) is 0.403. The molecule has 1 atom stereocenters. The van der Waals surface area contributed by atoms with Gasteiger partial charge in [0.2, 0.25) is 5.95 Å². The van der Waals surface area contributed by atoms with Crippen molar-refractivity contribution in [2.45, 2.75) is 25.6 Å². The number of anilines is 1. The number of hydrazone groups is 1. The molecule has 1 unspecified atom stereocenters. The first-order valence-electron chi connectivity index (χ1n) is 10.5. The van der Waals surface area contributed by atoms with Crippen LogP contribution in [-0.2, 0) is 16.1 Å². The zero-order chi connectivity index (χ0) is 23.0. The Bertz CT molecular complexity index is 1230. The Kier molecular flexibility index (Phi) is 7.19. The number of nitrogens with zero attached hydrogens (tertiary/aromatic N) is 3. The van der Waals surface area contributed by atoms with E-state index in [0.717, 1.165) is 19.4 Å². The van der Waals surface area contributed by atoms with Gasteiger partial charge in [-0.05, 0) is 24.5 Å². The van der Waals surface area contributed by atoms with Crippen LogP contribution in [0.3, 0.4) is 0 Å². The monoisotopic (exact) mass is 447 g/mol. The predicted octanol–water partition coefficient (Wildman–Crippen LogP) is 3.59. The van der Waals surface area contributed by atoms with Crippen molar-refractivity contribution in [1.82, 2.24) is 9.97 Å². The molecule has 1 aliphatic heterocycles. The number of benzene rings is 2. The Balaban J connectivity index is 1.41. The van der Waals surface area contributed by atoms with E-state index in [-0.39, 0.29) is 29.9 Å². The fraction of sp³-hybridized carbons (Fsp3) is 0.250. The highest BCUT2D eigenvalue weighted by atomic mass is 19.1. The van der Waals surface area contributed by atoms with Crippen LogP contribution in [0.15, 0.2) is 58.4 Å². The number of halogens is 1. The molecule has 33 heavy (non-hydrogen) atoms. The van der Waals surface area contributed by atoms with Crippen molar-refractivity contribution in [3.8, 4) is 17.3 Å². The van der Waals surface area contributed by atoms with Gasteiger partial charge in [0.1, 0.15) is 17.4 Å². The van der Waals surface area contributed by atoms with Crippen molar-refractivity contribution >= 4 is 12.2 Å². The van der Waals surface area contributed by atoms with Gasteiger partial charge in [-0.25, -0.2) is 14.8 Å². The second kappa shape index (κ2) is 10.6. The number of nitrogens with one attached hydrogen (secondary N) is 2. The number of aromatic amines is 1. The molecule has 1 aliphatic rings. The molecule has 3 aromatic rings. The van der Waals surface area contributed by atoms with Crippen LogP contribution in [0.1, 0.15) is 29.5 Å². The van der Waals surface area contributed by atoms with Crippen molar-refractivity contribution in [2.75, 3.05) is 18.6 Å². The van der Waals surface area contributed by atoms with Gasteiger partial charge in [0.25, 0.3) is 5.56 Å². The van der Waals surface area contributed by atoms with Gasteiger partial charge in [-0.2, -0.15) is 10.4 Å². The third-order valence-corrected chi connectivity index (χ3v) is 5.12. The molecular weight excluding hydrogens is 425 g/mol. The lowest BCUT2D eigenvalue weighted by atomic mass is 10.1. The van der Waals surface area contributed by atoms with Crippen molar-refractivity contribution in [3.63, 3.8) is 0 Å². The lowest BCUT2D eigenvalue weighted by Crippen LogP contribution is -2.16. The molecule has 0 radical (unpaired) electrons. The largest absolute Gasteiger partial charge is 0.376 e. The first-order chi connectivity index (χ1) is 16.1. The lowest BCUT2D eigenvalue weighted by molar-refractivity contribution is 0.00982. The van der Waals surface area contributed by atoms with E-state index in [0.29, 0.717) is 23.3 Å².